The summed E-state index contributed by atoms with van der Waals surface area (Å²) in [7, 11) is -3.95. The predicted molar refractivity (Wildman–Crippen MR) is 146 cm³/mol. The van der Waals surface area contributed by atoms with Gasteiger partial charge < -0.3 is 10.1 Å². The molecule has 0 unspecified atom stereocenters. The molecule has 0 radical (unpaired) electrons. The molecule has 0 saturated carbocycles. The van der Waals surface area contributed by atoms with E-state index in [1.807, 2.05) is 79.7 Å². The molecule has 0 aliphatic carbocycles. The lowest BCUT2D eigenvalue weighted by atomic mass is 10.1. The quantitative estimate of drug-likeness (QED) is 0.287. The van der Waals surface area contributed by atoms with Crippen LogP contribution < -0.4 is 10.1 Å². The molecule has 0 aliphatic rings. The van der Waals surface area contributed by atoms with Crippen LogP contribution in [-0.2, 0) is 21.4 Å². The Morgan fingerprint density at radius 2 is 1.32 bits per heavy atom. The first kappa shape index (κ1) is 26.1. The van der Waals surface area contributed by atoms with Crippen molar-refractivity contribution in [3.63, 3.8) is 0 Å². The van der Waals surface area contributed by atoms with Gasteiger partial charge in [0, 0.05) is 12.2 Å². The van der Waals surface area contributed by atoms with Crippen molar-refractivity contribution >= 4 is 21.6 Å². The molecule has 0 aliphatic heterocycles. The Hall–Kier alpha value is -3.94. The Bertz CT molecular complexity index is 1450. The van der Waals surface area contributed by atoms with Crippen molar-refractivity contribution in [2.45, 2.75) is 32.2 Å². The van der Waals surface area contributed by atoms with E-state index in [2.05, 4.69) is 5.32 Å². The van der Waals surface area contributed by atoms with Gasteiger partial charge in [0.15, 0.2) is 0 Å². The Kier molecular flexibility index (Phi) is 8.06. The van der Waals surface area contributed by atoms with Crippen LogP contribution in [-0.4, -0.2) is 25.2 Å². The van der Waals surface area contributed by atoms with E-state index >= 15 is 0 Å². The molecule has 4 aromatic carbocycles. The molecule has 0 atom stereocenters. The standard InChI is InChI=1S/C30H30N2O4S/c1-22-18-23(2)30(24(3)19-22)37(34,35)32(20-25-10-6-4-7-11-25)21-29(33)31-26-14-16-28(17-15-26)36-27-12-8-5-9-13-27/h4-19H,20-21H2,1-3H3,(H,31,33). The van der Waals surface area contributed by atoms with Gasteiger partial charge in [-0.1, -0.05) is 66.2 Å². The van der Waals surface area contributed by atoms with E-state index in [1.54, 1.807) is 38.1 Å². The summed E-state index contributed by atoms with van der Waals surface area (Å²) in [6, 6.07) is 29.3. The molecule has 0 spiro atoms. The predicted octanol–water partition coefficient (Wildman–Crippen LogP) is 6.23. The summed E-state index contributed by atoms with van der Waals surface area (Å²) in [5.41, 5.74) is 3.64. The second-order valence-electron chi connectivity index (χ2n) is 8.97. The fraction of sp³-hybridized carbons (Fsp3) is 0.167. The zero-order valence-electron chi connectivity index (χ0n) is 21.1. The van der Waals surface area contributed by atoms with Gasteiger partial charge in [0.1, 0.15) is 11.5 Å². The summed E-state index contributed by atoms with van der Waals surface area (Å²) in [6.07, 6.45) is 0. The van der Waals surface area contributed by atoms with Crippen LogP contribution in [0.3, 0.4) is 0 Å². The number of carbonyl (C=O) groups excluding carboxylic acids is 1. The highest BCUT2D eigenvalue weighted by atomic mass is 32.2. The summed E-state index contributed by atoms with van der Waals surface area (Å²) in [5, 5.41) is 2.81. The Morgan fingerprint density at radius 3 is 1.92 bits per heavy atom. The molecule has 6 nitrogen and oxygen atoms in total. The molecule has 4 aromatic rings. The number of para-hydroxylation sites is 1. The van der Waals surface area contributed by atoms with Crippen molar-refractivity contribution in [1.29, 1.82) is 0 Å². The van der Waals surface area contributed by atoms with Crippen molar-refractivity contribution in [2.24, 2.45) is 0 Å². The van der Waals surface area contributed by atoms with E-state index in [0.29, 0.717) is 28.3 Å². The highest BCUT2D eigenvalue weighted by Gasteiger charge is 2.30. The maximum atomic E-state index is 13.8. The van der Waals surface area contributed by atoms with Gasteiger partial charge >= 0.3 is 0 Å². The van der Waals surface area contributed by atoms with Crippen LogP contribution in [0.25, 0.3) is 0 Å². The number of hydrogen-bond donors (Lipinski definition) is 1. The van der Waals surface area contributed by atoms with Crippen LogP contribution in [0.5, 0.6) is 11.5 Å². The number of anilines is 1. The van der Waals surface area contributed by atoms with Gasteiger partial charge in [0.05, 0.1) is 11.4 Å². The average molecular weight is 515 g/mol. The SMILES string of the molecule is Cc1cc(C)c(S(=O)(=O)N(CC(=O)Nc2ccc(Oc3ccccc3)cc2)Cc2ccccc2)c(C)c1. The molecule has 0 heterocycles. The van der Waals surface area contributed by atoms with E-state index < -0.39 is 15.9 Å². The van der Waals surface area contributed by atoms with Crippen LogP contribution in [0.15, 0.2) is 102 Å². The molecule has 37 heavy (non-hydrogen) atoms. The Balaban J connectivity index is 1.54. The van der Waals surface area contributed by atoms with Crippen molar-refractivity contribution in [1.82, 2.24) is 4.31 Å². The van der Waals surface area contributed by atoms with Crippen LogP contribution in [0.4, 0.5) is 5.69 Å². The lowest BCUT2D eigenvalue weighted by Crippen LogP contribution is -2.38. The summed E-state index contributed by atoms with van der Waals surface area (Å²) < 4.78 is 34.7. The normalized spacial score (nSPS) is 11.4. The Morgan fingerprint density at radius 1 is 0.784 bits per heavy atom. The van der Waals surface area contributed by atoms with E-state index in [9.17, 15) is 13.2 Å². The van der Waals surface area contributed by atoms with E-state index in [0.717, 1.165) is 11.1 Å². The molecule has 0 aromatic heterocycles. The van der Waals surface area contributed by atoms with Crippen molar-refractivity contribution < 1.29 is 17.9 Å². The molecule has 1 amide bonds. The number of amides is 1. The molecule has 0 bridgehead atoms. The minimum absolute atomic E-state index is 0.0766. The third kappa shape index (κ3) is 6.64. The number of nitrogens with zero attached hydrogens (tertiary/aromatic N) is 1. The van der Waals surface area contributed by atoms with Gasteiger partial charge in [0.25, 0.3) is 0 Å². The Labute approximate surface area is 218 Å². The van der Waals surface area contributed by atoms with E-state index in [4.69, 9.17) is 4.74 Å². The minimum atomic E-state index is -3.95. The van der Waals surface area contributed by atoms with Gasteiger partial charge in [-0.3, -0.25) is 4.79 Å². The lowest BCUT2D eigenvalue weighted by molar-refractivity contribution is -0.116. The molecular weight excluding hydrogens is 484 g/mol. The number of ether oxygens (including phenoxy) is 1. The number of rotatable bonds is 9. The van der Waals surface area contributed by atoms with Gasteiger partial charge in [-0.05, 0) is 73.9 Å². The second kappa shape index (κ2) is 11.4. The second-order valence-corrected chi connectivity index (χ2v) is 10.8. The van der Waals surface area contributed by atoms with Gasteiger partial charge in [0.2, 0.25) is 15.9 Å². The fourth-order valence-electron chi connectivity index (χ4n) is 4.31. The molecule has 1 N–H and O–H groups in total. The minimum Gasteiger partial charge on any atom is -0.457 e. The summed E-state index contributed by atoms with van der Waals surface area (Å²) in [5.74, 6) is 0.907. The van der Waals surface area contributed by atoms with Gasteiger partial charge in [-0.25, -0.2) is 8.42 Å². The van der Waals surface area contributed by atoms with Gasteiger partial charge in [-0.15, -0.1) is 0 Å². The highest BCUT2D eigenvalue weighted by Crippen LogP contribution is 2.27. The topological polar surface area (TPSA) is 75.7 Å². The maximum absolute atomic E-state index is 13.8. The van der Waals surface area contributed by atoms with E-state index in [-0.39, 0.29) is 18.0 Å². The first-order chi connectivity index (χ1) is 17.7. The fourth-order valence-corrected chi connectivity index (χ4v) is 6.10. The summed E-state index contributed by atoms with van der Waals surface area (Å²) in [4.78, 5) is 13.3. The average Bonchev–Trinajstić information content (AvgIpc) is 2.85. The monoisotopic (exact) mass is 514 g/mol. The summed E-state index contributed by atoms with van der Waals surface area (Å²) in [6.45, 7) is 5.25. The first-order valence-electron chi connectivity index (χ1n) is 12.0. The smallest absolute Gasteiger partial charge is 0.244 e. The summed E-state index contributed by atoms with van der Waals surface area (Å²) >= 11 is 0. The zero-order valence-corrected chi connectivity index (χ0v) is 22.0. The van der Waals surface area contributed by atoms with E-state index in [1.165, 1.54) is 4.31 Å². The maximum Gasteiger partial charge on any atom is 0.244 e. The van der Waals surface area contributed by atoms with Crippen molar-refractivity contribution in [3.8, 4) is 11.5 Å². The first-order valence-corrected chi connectivity index (χ1v) is 13.4. The molecule has 7 heteroatoms. The largest absolute Gasteiger partial charge is 0.457 e. The third-order valence-electron chi connectivity index (χ3n) is 5.84. The van der Waals surface area contributed by atoms with Crippen LogP contribution in [0.2, 0.25) is 0 Å². The molecule has 0 fully saturated rings. The molecular formula is C30H30N2O4S. The van der Waals surface area contributed by atoms with Crippen molar-refractivity contribution in [2.75, 3.05) is 11.9 Å². The van der Waals surface area contributed by atoms with Crippen LogP contribution >= 0.6 is 0 Å². The number of hydrogen-bond acceptors (Lipinski definition) is 4. The number of benzene rings is 4. The number of nitrogens with one attached hydrogen (secondary N) is 1. The number of carbonyl (C=O) groups is 1. The zero-order chi connectivity index (χ0) is 26.4. The van der Waals surface area contributed by atoms with Crippen LogP contribution in [0.1, 0.15) is 22.3 Å². The highest BCUT2D eigenvalue weighted by molar-refractivity contribution is 7.89. The molecule has 190 valence electrons. The molecule has 0 saturated heterocycles. The lowest BCUT2D eigenvalue weighted by Gasteiger charge is -2.24. The number of aryl methyl sites for hydroxylation is 3. The molecule has 4 rings (SSSR count). The van der Waals surface area contributed by atoms with Gasteiger partial charge in [-0.2, -0.15) is 4.31 Å². The third-order valence-corrected chi connectivity index (χ3v) is 7.94. The van der Waals surface area contributed by atoms with Crippen LogP contribution in [0, 0.1) is 20.8 Å². The number of sulfonamides is 1. The van der Waals surface area contributed by atoms with Crippen molar-refractivity contribution in [3.05, 3.63) is 119 Å².